The molecule has 2 N–H and O–H groups in total. The Morgan fingerprint density at radius 2 is 1.95 bits per heavy atom. The van der Waals surface area contributed by atoms with Gasteiger partial charge in [-0.15, -0.1) is 0 Å². The van der Waals surface area contributed by atoms with Gasteiger partial charge in [-0.25, -0.2) is 12.7 Å². The number of rotatable bonds is 6. The Hall–Kier alpha value is -1.11. The van der Waals surface area contributed by atoms with Crippen molar-refractivity contribution in [2.45, 2.75) is 25.2 Å². The van der Waals surface area contributed by atoms with E-state index >= 15 is 0 Å². The average molecular weight is 286 g/mol. The first-order valence-electron chi connectivity index (χ1n) is 6.13. The summed E-state index contributed by atoms with van der Waals surface area (Å²) in [6.45, 7) is 4.59. The minimum atomic E-state index is -3.55. The van der Waals surface area contributed by atoms with E-state index in [-0.39, 0.29) is 4.90 Å². The van der Waals surface area contributed by atoms with Crippen LogP contribution in [0.25, 0.3) is 0 Å². The highest BCUT2D eigenvalue weighted by molar-refractivity contribution is 7.89. The highest BCUT2D eigenvalue weighted by Crippen LogP contribution is 2.27. The van der Waals surface area contributed by atoms with Crippen LogP contribution in [-0.4, -0.2) is 40.0 Å². The molecule has 5 nitrogen and oxygen atoms in total. The maximum atomic E-state index is 12.5. The number of nitrogen functional groups attached to an aromatic ring is 1. The van der Waals surface area contributed by atoms with Crippen LogP contribution in [0.5, 0.6) is 0 Å². The molecule has 0 aromatic heterocycles. The molecule has 6 heteroatoms. The van der Waals surface area contributed by atoms with Gasteiger partial charge in [0.25, 0.3) is 0 Å². The Kier molecular flexibility index (Phi) is 5.34. The van der Waals surface area contributed by atoms with Crippen LogP contribution in [0.15, 0.2) is 17.0 Å². The number of sulfonamides is 1. The second kappa shape index (κ2) is 6.36. The van der Waals surface area contributed by atoms with Crippen LogP contribution < -0.4 is 5.73 Å². The molecule has 0 aliphatic carbocycles. The maximum absolute atomic E-state index is 12.5. The normalized spacial score (nSPS) is 12.1. The summed E-state index contributed by atoms with van der Waals surface area (Å²) in [6, 6.07) is 3.47. The predicted molar refractivity (Wildman–Crippen MR) is 76.6 cm³/mol. The van der Waals surface area contributed by atoms with Crippen molar-refractivity contribution in [2.75, 3.05) is 33.0 Å². The molecule has 0 unspecified atom stereocenters. The van der Waals surface area contributed by atoms with Gasteiger partial charge in [0.1, 0.15) is 4.90 Å². The van der Waals surface area contributed by atoms with E-state index in [4.69, 9.17) is 10.5 Å². The van der Waals surface area contributed by atoms with Crippen molar-refractivity contribution in [3.8, 4) is 0 Å². The highest BCUT2D eigenvalue weighted by atomic mass is 32.2. The van der Waals surface area contributed by atoms with Gasteiger partial charge in [-0.2, -0.15) is 0 Å². The predicted octanol–water partition coefficient (Wildman–Crippen LogP) is 1.54. The molecule has 19 heavy (non-hydrogen) atoms. The molecule has 0 radical (unpaired) electrons. The molecule has 0 spiro atoms. The smallest absolute Gasteiger partial charge is 0.245 e. The van der Waals surface area contributed by atoms with Gasteiger partial charge in [0, 0.05) is 27.3 Å². The lowest BCUT2D eigenvalue weighted by molar-refractivity contribution is 0.189. The van der Waals surface area contributed by atoms with Crippen LogP contribution in [0.2, 0.25) is 0 Å². The van der Waals surface area contributed by atoms with Gasteiger partial charge in [0.2, 0.25) is 10.0 Å². The quantitative estimate of drug-likeness (QED) is 0.636. The van der Waals surface area contributed by atoms with Crippen LogP contribution in [0.4, 0.5) is 5.69 Å². The van der Waals surface area contributed by atoms with Gasteiger partial charge < -0.3 is 10.5 Å². The van der Waals surface area contributed by atoms with Crippen LogP contribution >= 0.6 is 0 Å². The van der Waals surface area contributed by atoms with E-state index in [1.807, 2.05) is 13.0 Å². The molecule has 0 fully saturated rings. The van der Waals surface area contributed by atoms with E-state index in [9.17, 15) is 8.42 Å². The minimum absolute atomic E-state index is 0.215. The monoisotopic (exact) mass is 286 g/mol. The zero-order chi connectivity index (χ0) is 14.6. The highest BCUT2D eigenvalue weighted by Gasteiger charge is 2.25. The molecular formula is C13H22N2O3S. The van der Waals surface area contributed by atoms with Crippen LogP contribution in [0.1, 0.15) is 17.5 Å². The lowest BCUT2D eigenvalue weighted by Gasteiger charge is -2.20. The summed E-state index contributed by atoms with van der Waals surface area (Å²) in [5, 5.41) is 0. The van der Waals surface area contributed by atoms with E-state index in [1.165, 1.54) is 4.31 Å². The van der Waals surface area contributed by atoms with Crippen molar-refractivity contribution in [1.82, 2.24) is 4.31 Å². The van der Waals surface area contributed by atoms with Crippen molar-refractivity contribution < 1.29 is 13.2 Å². The number of benzene rings is 1. The van der Waals surface area contributed by atoms with Crippen molar-refractivity contribution in [1.29, 1.82) is 0 Å². The van der Waals surface area contributed by atoms with Gasteiger partial charge >= 0.3 is 0 Å². The largest absolute Gasteiger partial charge is 0.398 e. The topological polar surface area (TPSA) is 72.6 Å². The zero-order valence-electron chi connectivity index (χ0n) is 11.9. The van der Waals surface area contributed by atoms with Crippen molar-refractivity contribution >= 4 is 15.7 Å². The minimum Gasteiger partial charge on any atom is -0.398 e. The van der Waals surface area contributed by atoms with Gasteiger partial charge in [0.15, 0.2) is 0 Å². The van der Waals surface area contributed by atoms with Crippen molar-refractivity contribution in [2.24, 2.45) is 0 Å². The van der Waals surface area contributed by atoms with E-state index < -0.39 is 10.0 Å². The third-order valence-electron chi connectivity index (χ3n) is 3.20. The second-order valence-corrected chi connectivity index (χ2v) is 6.58. The number of anilines is 1. The lowest BCUT2D eigenvalue weighted by atomic mass is 10.1. The fraction of sp³-hybridized carbons (Fsp3) is 0.538. The van der Waals surface area contributed by atoms with E-state index in [1.54, 1.807) is 27.1 Å². The van der Waals surface area contributed by atoms with Gasteiger partial charge in [-0.3, -0.25) is 0 Å². The van der Waals surface area contributed by atoms with E-state index in [2.05, 4.69) is 0 Å². The summed E-state index contributed by atoms with van der Waals surface area (Å²) in [5.41, 5.74) is 7.75. The standard InChI is InChI=1S/C13H22N2O3S/c1-10-6-7-12(14)13(11(10)2)19(16,17)15(3)8-5-9-18-4/h6-7H,5,8-9,14H2,1-4H3. The first kappa shape index (κ1) is 15.9. The Labute approximate surface area is 115 Å². The van der Waals surface area contributed by atoms with Gasteiger partial charge in [-0.1, -0.05) is 6.07 Å². The molecule has 108 valence electrons. The van der Waals surface area contributed by atoms with E-state index in [0.29, 0.717) is 30.8 Å². The summed E-state index contributed by atoms with van der Waals surface area (Å²) in [5.74, 6) is 0. The number of ether oxygens (including phenoxy) is 1. The Bertz CT molecular complexity index is 541. The van der Waals surface area contributed by atoms with Crippen molar-refractivity contribution in [3.05, 3.63) is 23.3 Å². The van der Waals surface area contributed by atoms with Gasteiger partial charge in [0.05, 0.1) is 5.69 Å². The summed E-state index contributed by atoms with van der Waals surface area (Å²) in [7, 11) is -0.394. The van der Waals surface area contributed by atoms with Gasteiger partial charge in [-0.05, 0) is 37.5 Å². The molecule has 1 aromatic rings. The summed E-state index contributed by atoms with van der Waals surface area (Å²) in [6.07, 6.45) is 0.650. The molecule has 0 atom stereocenters. The molecule has 0 bridgehead atoms. The summed E-state index contributed by atoms with van der Waals surface area (Å²) < 4.78 is 31.3. The Balaban J connectivity index is 3.10. The SMILES string of the molecule is COCCCN(C)S(=O)(=O)c1c(N)ccc(C)c1C. The fourth-order valence-corrected chi connectivity index (χ4v) is 3.46. The number of methoxy groups -OCH3 is 1. The number of hydrogen-bond acceptors (Lipinski definition) is 4. The number of aryl methyl sites for hydroxylation is 1. The molecule has 1 rings (SSSR count). The molecule has 0 saturated heterocycles. The van der Waals surface area contributed by atoms with Crippen LogP contribution in [0, 0.1) is 13.8 Å². The Morgan fingerprint density at radius 1 is 1.32 bits per heavy atom. The lowest BCUT2D eigenvalue weighted by Crippen LogP contribution is -2.30. The van der Waals surface area contributed by atoms with Crippen LogP contribution in [-0.2, 0) is 14.8 Å². The molecule has 0 amide bonds. The molecule has 1 aromatic carbocycles. The van der Waals surface area contributed by atoms with Crippen LogP contribution in [0.3, 0.4) is 0 Å². The van der Waals surface area contributed by atoms with E-state index in [0.717, 1.165) is 5.56 Å². The summed E-state index contributed by atoms with van der Waals surface area (Å²) >= 11 is 0. The maximum Gasteiger partial charge on any atom is 0.245 e. The molecule has 0 saturated carbocycles. The number of hydrogen-bond donors (Lipinski definition) is 1. The zero-order valence-corrected chi connectivity index (χ0v) is 12.8. The first-order valence-corrected chi connectivity index (χ1v) is 7.57. The van der Waals surface area contributed by atoms with Crippen molar-refractivity contribution in [3.63, 3.8) is 0 Å². The third-order valence-corrected chi connectivity index (χ3v) is 5.26. The molecule has 0 heterocycles. The number of nitrogens with zero attached hydrogens (tertiary/aromatic N) is 1. The second-order valence-electron chi connectivity index (χ2n) is 4.60. The Morgan fingerprint density at radius 3 is 2.53 bits per heavy atom. The fourth-order valence-electron chi connectivity index (χ4n) is 1.86. The number of nitrogens with two attached hydrogens (primary N) is 1. The first-order chi connectivity index (χ1) is 8.82. The molecule has 0 aliphatic heterocycles. The molecular weight excluding hydrogens is 264 g/mol. The third kappa shape index (κ3) is 3.46. The molecule has 0 aliphatic rings. The summed E-state index contributed by atoms with van der Waals surface area (Å²) in [4.78, 5) is 0.215. The average Bonchev–Trinajstić information content (AvgIpc) is 2.34.